The van der Waals surface area contributed by atoms with Crippen LogP contribution in [-0.4, -0.2) is 14.7 Å². The third kappa shape index (κ3) is 3.59. The van der Waals surface area contributed by atoms with Crippen LogP contribution < -0.4 is 0 Å². The SMILES string of the molecule is CC(C)c1cc(C(C)C)c(S(C)(=O)=O)c(C(C)C)c1. The number of rotatable bonds is 4. The molecule has 0 aliphatic rings. The Balaban J connectivity index is 3.77. The van der Waals surface area contributed by atoms with Crippen molar-refractivity contribution in [2.45, 2.75) is 64.2 Å². The molecule has 0 radical (unpaired) electrons. The lowest BCUT2D eigenvalue weighted by atomic mass is 9.89. The molecule has 0 atom stereocenters. The van der Waals surface area contributed by atoms with E-state index in [2.05, 4.69) is 53.7 Å². The molecule has 108 valence electrons. The molecule has 0 amide bonds. The first kappa shape index (κ1) is 16.2. The fourth-order valence-electron chi connectivity index (χ4n) is 2.32. The molecule has 0 bridgehead atoms. The van der Waals surface area contributed by atoms with Crippen LogP contribution in [-0.2, 0) is 9.84 Å². The zero-order valence-corrected chi connectivity index (χ0v) is 13.9. The van der Waals surface area contributed by atoms with Crippen LogP contribution in [0.15, 0.2) is 17.0 Å². The summed E-state index contributed by atoms with van der Waals surface area (Å²) < 4.78 is 24.3. The van der Waals surface area contributed by atoms with Gasteiger partial charge in [0, 0.05) is 6.26 Å². The minimum absolute atomic E-state index is 0.209. The van der Waals surface area contributed by atoms with Gasteiger partial charge in [0.1, 0.15) is 0 Å². The topological polar surface area (TPSA) is 34.1 Å². The van der Waals surface area contributed by atoms with Crippen LogP contribution >= 0.6 is 0 Å². The zero-order chi connectivity index (χ0) is 15.0. The molecule has 0 saturated carbocycles. The first-order valence-electron chi connectivity index (χ1n) is 6.93. The molecule has 0 aliphatic heterocycles. The van der Waals surface area contributed by atoms with E-state index in [9.17, 15) is 8.42 Å². The molecule has 2 nitrogen and oxygen atoms in total. The molecule has 0 spiro atoms. The Bertz CT molecular complexity index is 523. The number of hydrogen-bond donors (Lipinski definition) is 0. The second-order valence-corrected chi connectivity index (χ2v) is 8.22. The van der Waals surface area contributed by atoms with Gasteiger partial charge in [-0.1, -0.05) is 53.7 Å². The molecular weight excluding hydrogens is 256 g/mol. The molecule has 1 aromatic carbocycles. The molecule has 3 heteroatoms. The largest absolute Gasteiger partial charge is 0.224 e. The van der Waals surface area contributed by atoms with E-state index in [0.29, 0.717) is 10.8 Å². The minimum atomic E-state index is -3.20. The second kappa shape index (κ2) is 5.66. The summed E-state index contributed by atoms with van der Waals surface area (Å²) in [5.74, 6) is 0.825. The van der Waals surface area contributed by atoms with Crippen LogP contribution in [0.4, 0.5) is 0 Å². The summed E-state index contributed by atoms with van der Waals surface area (Å²) in [6.07, 6.45) is 1.31. The van der Waals surface area contributed by atoms with E-state index in [-0.39, 0.29) is 11.8 Å². The minimum Gasteiger partial charge on any atom is -0.224 e. The Morgan fingerprint density at radius 2 is 1.16 bits per heavy atom. The van der Waals surface area contributed by atoms with E-state index in [1.165, 1.54) is 11.8 Å². The Hall–Kier alpha value is -0.830. The molecule has 19 heavy (non-hydrogen) atoms. The highest BCUT2D eigenvalue weighted by molar-refractivity contribution is 7.90. The third-order valence-corrected chi connectivity index (χ3v) is 4.66. The van der Waals surface area contributed by atoms with Gasteiger partial charge in [0.05, 0.1) is 4.90 Å². The van der Waals surface area contributed by atoms with Crippen molar-refractivity contribution in [3.05, 3.63) is 28.8 Å². The van der Waals surface area contributed by atoms with Crippen LogP contribution in [0.1, 0.15) is 76.0 Å². The Morgan fingerprint density at radius 3 is 1.37 bits per heavy atom. The average molecular weight is 282 g/mol. The first-order valence-corrected chi connectivity index (χ1v) is 8.82. The molecule has 0 unspecified atom stereocenters. The van der Waals surface area contributed by atoms with Gasteiger partial charge in [-0.3, -0.25) is 0 Å². The van der Waals surface area contributed by atoms with E-state index < -0.39 is 9.84 Å². The number of benzene rings is 1. The van der Waals surface area contributed by atoms with Gasteiger partial charge in [-0.15, -0.1) is 0 Å². The summed E-state index contributed by atoms with van der Waals surface area (Å²) in [6.45, 7) is 12.5. The maximum absolute atomic E-state index is 12.2. The van der Waals surface area contributed by atoms with Gasteiger partial charge < -0.3 is 0 Å². The summed E-state index contributed by atoms with van der Waals surface area (Å²) >= 11 is 0. The lowest BCUT2D eigenvalue weighted by Crippen LogP contribution is -2.11. The predicted molar refractivity (Wildman–Crippen MR) is 81.8 cm³/mol. The molecule has 0 saturated heterocycles. The molecule has 0 aromatic heterocycles. The van der Waals surface area contributed by atoms with E-state index in [4.69, 9.17) is 0 Å². The number of sulfone groups is 1. The fraction of sp³-hybridized carbons (Fsp3) is 0.625. The highest BCUT2D eigenvalue weighted by Gasteiger charge is 2.23. The summed E-state index contributed by atoms with van der Waals surface area (Å²) in [7, 11) is -3.20. The molecule has 1 rings (SSSR count). The molecule has 1 aromatic rings. The monoisotopic (exact) mass is 282 g/mol. The van der Waals surface area contributed by atoms with Gasteiger partial charge in [0.2, 0.25) is 0 Å². The standard InChI is InChI=1S/C16H26O2S/c1-10(2)13-8-14(11(3)4)16(19(7,17)18)15(9-13)12(5)6/h8-12H,1-7H3. The van der Waals surface area contributed by atoms with Gasteiger partial charge in [0.15, 0.2) is 9.84 Å². The summed E-state index contributed by atoms with van der Waals surface area (Å²) in [4.78, 5) is 0.543. The van der Waals surface area contributed by atoms with Gasteiger partial charge in [-0.2, -0.15) is 0 Å². The van der Waals surface area contributed by atoms with Crippen LogP contribution in [0.25, 0.3) is 0 Å². The second-order valence-electron chi connectivity index (χ2n) is 6.26. The van der Waals surface area contributed by atoms with Crippen LogP contribution in [0.5, 0.6) is 0 Å². The molecular formula is C16H26O2S. The average Bonchev–Trinajstić information content (AvgIpc) is 2.25. The molecule has 0 heterocycles. The Kier molecular flexibility index (Phi) is 4.83. The van der Waals surface area contributed by atoms with Gasteiger partial charge in [-0.25, -0.2) is 8.42 Å². The predicted octanol–water partition coefficient (Wildman–Crippen LogP) is 4.46. The zero-order valence-electron chi connectivity index (χ0n) is 13.1. The van der Waals surface area contributed by atoms with E-state index in [1.54, 1.807) is 0 Å². The van der Waals surface area contributed by atoms with Crippen molar-refractivity contribution in [2.75, 3.05) is 6.26 Å². The quantitative estimate of drug-likeness (QED) is 0.817. The first-order chi connectivity index (χ1) is 8.55. The summed E-state index contributed by atoms with van der Waals surface area (Å²) in [6, 6.07) is 4.13. The number of hydrogen-bond acceptors (Lipinski definition) is 2. The Labute approximate surface area is 118 Å². The van der Waals surface area contributed by atoms with Crippen molar-refractivity contribution in [1.82, 2.24) is 0 Å². The molecule has 0 N–H and O–H groups in total. The van der Waals surface area contributed by atoms with Gasteiger partial charge in [0.25, 0.3) is 0 Å². The van der Waals surface area contributed by atoms with Crippen molar-refractivity contribution < 1.29 is 8.42 Å². The maximum atomic E-state index is 12.2. The lowest BCUT2D eigenvalue weighted by Gasteiger charge is -2.21. The fourth-order valence-corrected chi connectivity index (χ4v) is 3.76. The van der Waals surface area contributed by atoms with Crippen LogP contribution in [0.2, 0.25) is 0 Å². The Morgan fingerprint density at radius 1 is 0.789 bits per heavy atom. The maximum Gasteiger partial charge on any atom is 0.176 e. The van der Waals surface area contributed by atoms with Crippen molar-refractivity contribution in [3.8, 4) is 0 Å². The van der Waals surface area contributed by atoms with E-state index in [1.807, 2.05) is 0 Å². The lowest BCUT2D eigenvalue weighted by molar-refractivity contribution is 0.596. The smallest absolute Gasteiger partial charge is 0.176 e. The van der Waals surface area contributed by atoms with Gasteiger partial charge >= 0.3 is 0 Å². The van der Waals surface area contributed by atoms with Crippen molar-refractivity contribution in [1.29, 1.82) is 0 Å². The normalized spacial score (nSPS) is 12.7. The van der Waals surface area contributed by atoms with Crippen molar-refractivity contribution >= 4 is 9.84 Å². The van der Waals surface area contributed by atoms with Gasteiger partial charge in [-0.05, 0) is 34.4 Å². The van der Waals surface area contributed by atoms with E-state index >= 15 is 0 Å². The highest BCUT2D eigenvalue weighted by atomic mass is 32.2. The van der Waals surface area contributed by atoms with Crippen molar-refractivity contribution in [2.24, 2.45) is 0 Å². The van der Waals surface area contributed by atoms with E-state index in [0.717, 1.165) is 11.1 Å². The van der Waals surface area contributed by atoms with Crippen LogP contribution in [0, 0.1) is 0 Å². The highest BCUT2D eigenvalue weighted by Crippen LogP contribution is 2.34. The van der Waals surface area contributed by atoms with Crippen LogP contribution in [0.3, 0.4) is 0 Å². The molecule has 0 aliphatic carbocycles. The molecule has 0 fully saturated rings. The summed E-state index contributed by atoms with van der Waals surface area (Å²) in [5.41, 5.74) is 3.13. The third-order valence-electron chi connectivity index (χ3n) is 3.45. The van der Waals surface area contributed by atoms with Crippen molar-refractivity contribution in [3.63, 3.8) is 0 Å². The summed E-state index contributed by atoms with van der Waals surface area (Å²) in [5, 5.41) is 0.